The summed E-state index contributed by atoms with van der Waals surface area (Å²) in [4.78, 5) is 12.0. The van der Waals surface area contributed by atoms with Crippen LogP contribution in [0.5, 0.6) is 0 Å². The van der Waals surface area contributed by atoms with E-state index in [4.69, 9.17) is 0 Å². The van der Waals surface area contributed by atoms with Crippen LogP contribution in [-0.2, 0) is 6.54 Å². The lowest BCUT2D eigenvalue weighted by molar-refractivity contribution is -0.607. The maximum atomic E-state index is 12.0. The summed E-state index contributed by atoms with van der Waals surface area (Å²) in [6.07, 6.45) is 1.31. The first kappa shape index (κ1) is 15.7. The molecule has 0 unspecified atom stereocenters. The van der Waals surface area contributed by atoms with E-state index in [1.54, 1.807) is 12.1 Å². The predicted octanol–water partition coefficient (Wildman–Crippen LogP) is 3.23. The van der Waals surface area contributed by atoms with E-state index in [0.29, 0.717) is 11.3 Å². The van der Waals surface area contributed by atoms with Crippen LogP contribution in [0.4, 0.5) is 0 Å². The van der Waals surface area contributed by atoms with E-state index in [9.17, 15) is 10.0 Å². The Balaban J connectivity index is 1.67. The number of aryl methyl sites for hydroxylation is 1. The van der Waals surface area contributed by atoms with Gasteiger partial charge in [0.2, 0.25) is 0 Å². The van der Waals surface area contributed by atoms with Gasteiger partial charge in [-0.15, -0.1) is 0 Å². The molecule has 1 amide bonds. The predicted molar refractivity (Wildman–Crippen MR) is 93.2 cm³/mol. The largest absolute Gasteiger partial charge is 0.618 e. The topological polar surface area (TPSA) is 56.0 Å². The van der Waals surface area contributed by atoms with Gasteiger partial charge in [-0.25, -0.2) is 0 Å². The molecule has 1 heterocycles. The Kier molecular flexibility index (Phi) is 4.57. The minimum Gasteiger partial charge on any atom is -0.618 e. The fourth-order valence-corrected chi connectivity index (χ4v) is 2.52. The number of rotatable bonds is 4. The second-order valence-corrected chi connectivity index (χ2v) is 5.66. The van der Waals surface area contributed by atoms with E-state index in [1.807, 2.05) is 30.3 Å². The van der Waals surface area contributed by atoms with E-state index < -0.39 is 0 Å². The highest BCUT2D eigenvalue weighted by atomic mass is 16.5. The van der Waals surface area contributed by atoms with E-state index in [2.05, 4.69) is 30.4 Å². The van der Waals surface area contributed by atoms with Gasteiger partial charge < -0.3 is 10.5 Å². The standard InChI is InChI=1S/C20H18N2O2/c1-15-5-4-6-18(13-15)17-10-8-16(9-11-17)14-21-20(23)19-7-2-3-12-22(19)24/h2-13H,14H2,1H3,(H,21,23). The van der Waals surface area contributed by atoms with Crippen LogP contribution >= 0.6 is 0 Å². The molecule has 3 aromatic rings. The minimum atomic E-state index is -0.381. The van der Waals surface area contributed by atoms with Gasteiger partial charge in [0.05, 0.1) is 0 Å². The number of carbonyl (C=O) groups excluding carboxylic acids is 1. The first-order valence-electron chi connectivity index (χ1n) is 7.76. The van der Waals surface area contributed by atoms with Crippen molar-refractivity contribution in [2.45, 2.75) is 13.5 Å². The minimum absolute atomic E-state index is 0.0916. The Morgan fingerprint density at radius 2 is 1.79 bits per heavy atom. The van der Waals surface area contributed by atoms with Crippen LogP contribution in [0.1, 0.15) is 21.6 Å². The Morgan fingerprint density at radius 3 is 2.50 bits per heavy atom. The Morgan fingerprint density at radius 1 is 1.00 bits per heavy atom. The van der Waals surface area contributed by atoms with Crippen molar-refractivity contribution in [3.05, 3.63) is 95.0 Å². The lowest BCUT2D eigenvalue weighted by Gasteiger charge is -2.07. The zero-order valence-electron chi connectivity index (χ0n) is 13.4. The van der Waals surface area contributed by atoms with Crippen molar-refractivity contribution in [3.8, 4) is 11.1 Å². The third-order valence-electron chi connectivity index (χ3n) is 3.82. The smallest absolute Gasteiger partial charge is 0.317 e. The lowest BCUT2D eigenvalue weighted by Crippen LogP contribution is -2.38. The van der Waals surface area contributed by atoms with Crippen LogP contribution in [0.25, 0.3) is 11.1 Å². The van der Waals surface area contributed by atoms with Crippen molar-refractivity contribution < 1.29 is 9.52 Å². The van der Waals surface area contributed by atoms with Gasteiger partial charge in [-0.05, 0) is 29.7 Å². The summed E-state index contributed by atoms with van der Waals surface area (Å²) in [5.41, 5.74) is 4.59. The number of carbonyl (C=O) groups is 1. The maximum absolute atomic E-state index is 12.0. The highest BCUT2D eigenvalue weighted by Crippen LogP contribution is 2.20. The summed E-state index contributed by atoms with van der Waals surface area (Å²) in [5, 5.41) is 14.3. The number of benzene rings is 2. The fourth-order valence-electron chi connectivity index (χ4n) is 2.52. The molecule has 4 nitrogen and oxygen atoms in total. The summed E-state index contributed by atoms with van der Waals surface area (Å²) in [6.45, 7) is 2.45. The van der Waals surface area contributed by atoms with Crippen molar-refractivity contribution in [3.63, 3.8) is 0 Å². The summed E-state index contributed by atoms with van der Waals surface area (Å²) >= 11 is 0. The SMILES string of the molecule is Cc1cccc(-c2ccc(CNC(=O)c3cccc[n+]3[O-])cc2)c1. The highest BCUT2D eigenvalue weighted by molar-refractivity contribution is 5.90. The number of nitrogens with zero attached hydrogens (tertiary/aromatic N) is 1. The molecule has 3 rings (SSSR count). The first-order chi connectivity index (χ1) is 11.6. The zero-order valence-corrected chi connectivity index (χ0v) is 13.4. The molecule has 120 valence electrons. The molecule has 0 saturated heterocycles. The van der Waals surface area contributed by atoms with E-state index in [0.717, 1.165) is 11.1 Å². The van der Waals surface area contributed by atoms with E-state index in [-0.39, 0.29) is 11.6 Å². The number of amides is 1. The van der Waals surface area contributed by atoms with Gasteiger partial charge in [-0.3, -0.25) is 4.79 Å². The van der Waals surface area contributed by atoms with Crippen LogP contribution in [-0.4, -0.2) is 5.91 Å². The van der Waals surface area contributed by atoms with Crippen molar-refractivity contribution in [2.24, 2.45) is 0 Å². The molecule has 0 spiro atoms. The number of hydrogen-bond donors (Lipinski definition) is 1. The lowest BCUT2D eigenvalue weighted by atomic mass is 10.0. The molecular weight excluding hydrogens is 300 g/mol. The van der Waals surface area contributed by atoms with E-state index >= 15 is 0 Å². The summed E-state index contributed by atoms with van der Waals surface area (Å²) in [5.74, 6) is -0.381. The molecule has 0 radical (unpaired) electrons. The molecule has 24 heavy (non-hydrogen) atoms. The molecule has 1 N–H and O–H groups in total. The van der Waals surface area contributed by atoms with Crippen LogP contribution in [0.3, 0.4) is 0 Å². The molecule has 1 aromatic heterocycles. The average Bonchev–Trinajstić information content (AvgIpc) is 2.60. The second kappa shape index (κ2) is 6.96. The number of aromatic nitrogens is 1. The maximum Gasteiger partial charge on any atom is 0.317 e. The van der Waals surface area contributed by atoms with Gasteiger partial charge in [0.15, 0.2) is 6.20 Å². The molecule has 0 aliphatic rings. The van der Waals surface area contributed by atoms with Crippen molar-refractivity contribution >= 4 is 5.91 Å². The Bertz CT molecular complexity index is 858. The van der Waals surface area contributed by atoms with Crippen LogP contribution < -0.4 is 10.0 Å². The number of nitrogens with one attached hydrogen (secondary N) is 1. The molecule has 0 aliphatic carbocycles. The normalized spacial score (nSPS) is 10.4. The van der Waals surface area contributed by atoms with Crippen molar-refractivity contribution in [1.29, 1.82) is 0 Å². The van der Waals surface area contributed by atoms with E-state index in [1.165, 1.54) is 23.4 Å². The zero-order chi connectivity index (χ0) is 16.9. The third kappa shape index (κ3) is 3.60. The van der Waals surface area contributed by atoms with Gasteiger partial charge in [-0.2, -0.15) is 4.73 Å². The second-order valence-electron chi connectivity index (χ2n) is 5.66. The molecule has 4 heteroatoms. The molecule has 0 fully saturated rings. The molecule has 0 atom stereocenters. The van der Waals surface area contributed by atoms with Crippen molar-refractivity contribution in [1.82, 2.24) is 5.32 Å². The van der Waals surface area contributed by atoms with Gasteiger partial charge in [0.25, 0.3) is 5.69 Å². The van der Waals surface area contributed by atoms with Crippen LogP contribution in [0.15, 0.2) is 72.9 Å². The van der Waals surface area contributed by atoms with Gasteiger partial charge in [0.1, 0.15) is 0 Å². The molecular formula is C20H18N2O2. The van der Waals surface area contributed by atoms with Gasteiger partial charge >= 0.3 is 5.91 Å². The molecule has 0 aliphatic heterocycles. The summed E-state index contributed by atoms with van der Waals surface area (Å²) in [6, 6.07) is 21.1. The number of pyridine rings is 1. The highest BCUT2D eigenvalue weighted by Gasteiger charge is 2.14. The van der Waals surface area contributed by atoms with Gasteiger partial charge in [0, 0.05) is 18.7 Å². The first-order valence-corrected chi connectivity index (χ1v) is 7.76. The summed E-state index contributed by atoms with van der Waals surface area (Å²) in [7, 11) is 0. The molecule has 0 bridgehead atoms. The quantitative estimate of drug-likeness (QED) is 0.593. The molecule has 0 saturated carbocycles. The monoisotopic (exact) mass is 318 g/mol. The average molecular weight is 318 g/mol. The third-order valence-corrected chi connectivity index (χ3v) is 3.82. The Hall–Kier alpha value is -3.14. The molecule has 2 aromatic carbocycles. The number of hydrogen-bond acceptors (Lipinski definition) is 2. The fraction of sp³-hybridized carbons (Fsp3) is 0.100. The van der Waals surface area contributed by atoms with Crippen molar-refractivity contribution in [2.75, 3.05) is 0 Å². The Labute approximate surface area is 141 Å². The van der Waals surface area contributed by atoms with Gasteiger partial charge in [-0.1, -0.05) is 54.1 Å². The van der Waals surface area contributed by atoms with Crippen LogP contribution in [0, 0.1) is 12.1 Å². The summed E-state index contributed by atoms with van der Waals surface area (Å²) < 4.78 is 0.566. The van der Waals surface area contributed by atoms with Crippen LogP contribution in [0.2, 0.25) is 0 Å².